The van der Waals surface area contributed by atoms with Crippen LogP contribution in [0.25, 0.3) is 5.69 Å². The van der Waals surface area contributed by atoms with E-state index in [1.54, 1.807) is 13.0 Å². The molecule has 0 atom stereocenters. The second kappa shape index (κ2) is 9.46. The topological polar surface area (TPSA) is 77.7 Å². The molecule has 11 heteroatoms. The number of nitrogens with zero attached hydrogens (tertiary/aromatic N) is 3. The molecule has 2 rings (SSSR count). The van der Waals surface area contributed by atoms with E-state index in [1.165, 1.54) is 37.2 Å². The monoisotopic (exact) mass is 430 g/mol. The Bertz CT molecular complexity index is 939. The minimum absolute atomic E-state index is 0.0526. The first-order chi connectivity index (χ1) is 13.7. The molecule has 1 amide bonds. The van der Waals surface area contributed by atoms with Crippen molar-refractivity contribution in [3.05, 3.63) is 52.7 Å². The molecule has 1 N–H and O–H groups in total. The van der Waals surface area contributed by atoms with E-state index in [0.717, 1.165) is 12.1 Å². The molecule has 0 bridgehead atoms. The zero-order valence-electron chi connectivity index (χ0n) is 15.7. The summed E-state index contributed by atoms with van der Waals surface area (Å²) in [7, 11) is 2.78. The fourth-order valence-electron chi connectivity index (χ4n) is 2.25. The van der Waals surface area contributed by atoms with Crippen molar-refractivity contribution in [3.8, 4) is 11.6 Å². The zero-order valence-corrected chi connectivity index (χ0v) is 16.5. The molecule has 1 aromatic heterocycles. The zero-order chi connectivity index (χ0) is 21.6. The maximum atomic E-state index is 13.0. The van der Waals surface area contributed by atoms with Crippen LogP contribution in [0.4, 0.5) is 13.2 Å². The van der Waals surface area contributed by atoms with Gasteiger partial charge < -0.3 is 14.9 Å². The van der Waals surface area contributed by atoms with Crippen molar-refractivity contribution in [1.29, 1.82) is 0 Å². The number of carbonyl (C=O) groups excluding carboxylic acids is 1. The van der Waals surface area contributed by atoms with Crippen molar-refractivity contribution >= 4 is 23.2 Å². The van der Waals surface area contributed by atoms with Gasteiger partial charge >= 0.3 is 6.18 Å². The summed E-state index contributed by atoms with van der Waals surface area (Å²) in [5.41, 5.74) is -0.173. The Morgan fingerprint density at radius 1 is 1.38 bits per heavy atom. The average molecular weight is 431 g/mol. The number of hydrogen-bond donors (Lipinski definition) is 1. The molecule has 1 heterocycles. The maximum Gasteiger partial charge on any atom is 0.417 e. The van der Waals surface area contributed by atoms with Crippen molar-refractivity contribution < 1.29 is 27.5 Å². The fraction of sp³-hybridized carbons (Fsp3) is 0.278. The lowest BCUT2D eigenvalue weighted by Crippen LogP contribution is -2.28. The van der Waals surface area contributed by atoms with Gasteiger partial charge in [-0.15, -0.1) is 5.10 Å². The van der Waals surface area contributed by atoms with Crippen LogP contribution in [0.5, 0.6) is 5.88 Å². The molecule has 0 spiro atoms. The van der Waals surface area contributed by atoms with Crippen LogP contribution in [-0.2, 0) is 15.8 Å². The van der Waals surface area contributed by atoms with Gasteiger partial charge in [0.1, 0.15) is 13.7 Å². The first-order valence-electron chi connectivity index (χ1n) is 8.23. The van der Waals surface area contributed by atoms with Crippen molar-refractivity contribution in [3.63, 3.8) is 0 Å². The largest absolute Gasteiger partial charge is 0.472 e. The highest BCUT2D eigenvalue weighted by molar-refractivity contribution is 6.44. The number of hydrogen-bond acceptors (Lipinski definition) is 5. The Morgan fingerprint density at radius 2 is 2.10 bits per heavy atom. The molecule has 0 aliphatic rings. The Labute approximate surface area is 169 Å². The van der Waals surface area contributed by atoms with E-state index in [0.29, 0.717) is 5.57 Å². The number of oxime groups is 1. The Morgan fingerprint density at radius 3 is 2.72 bits per heavy atom. The quantitative estimate of drug-likeness (QED) is 0.537. The minimum atomic E-state index is -4.58. The van der Waals surface area contributed by atoms with Gasteiger partial charge in [-0.1, -0.05) is 16.8 Å². The number of amides is 1. The molecule has 156 valence electrons. The molecule has 0 aliphatic heterocycles. The van der Waals surface area contributed by atoms with E-state index in [1.807, 2.05) is 0 Å². The third kappa shape index (κ3) is 5.74. The molecule has 0 saturated heterocycles. The molecular weight excluding hydrogens is 413 g/mol. The number of halogens is 4. The number of carbonyl (C=O) groups is 1. The van der Waals surface area contributed by atoms with E-state index in [2.05, 4.69) is 20.4 Å². The van der Waals surface area contributed by atoms with Crippen LogP contribution in [0.1, 0.15) is 12.5 Å². The lowest BCUT2D eigenvalue weighted by Gasteiger charge is -2.10. The molecule has 29 heavy (non-hydrogen) atoms. The predicted molar refractivity (Wildman–Crippen MR) is 101 cm³/mol. The van der Waals surface area contributed by atoms with Crippen LogP contribution in [0.3, 0.4) is 0 Å². The Kier molecular flexibility index (Phi) is 7.27. The highest BCUT2D eigenvalue weighted by atomic mass is 35.5. The van der Waals surface area contributed by atoms with Crippen molar-refractivity contribution in [1.82, 2.24) is 15.1 Å². The van der Waals surface area contributed by atoms with Gasteiger partial charge in [0.05, 0.1) is 16.3 Å². The number of nitrogens with one attached hydrogen (secondary N) is 1. The van der Waals surface area contributed by atoms with Crippen LogP contribution in [0.2, 0.25) is 5.02 Å². The fourth-order valence-corrected chi connectivity index (χ4v) is 2.48. The number of alkyl halides is 3. The van der Waals surface area contributed by atoms with Gasteiger partial charge in [-0.2, -0.15) is 13.2 Å². The molecule has 0 unspecified atom stereocenters. The molecule has 7 nitrogen and oxygen atoms in total. The van der Waals surface area contributed by atoms with E-state index in [4.69, 9.17) is 16.3 Å². The standard InChI is InChI=1S/C18H18ClF3N4O3/c1-11(16(25-28-3)17(27)23-2)7-9-29-15-6-8-26(24-15)12-4-5-14(19)13(10-12)18(20,21)22/h4-8,10H,9H2,1-3H3,(H,23,27)/b11-7-,25-16+. The third-order valence-electron chi connectivity index (χ3n) is 3.70. The summed E-state index contributed by atoms with van der Waals surface area (Å²) in [6.07, 6.45) is -1.53. The number of ether oxygens (including phenoxy) is 1. The van der Waals surface area contributed by atoms with Crippen molar-refractivity contribution in [2.24, 2.45) is 5.16 Å². The normalized spacial score (nSPS) is 12.7. The van der Waals surface area contributed by atoms with Crippen molar-refractivity contribution in [2.45, 2.75) is 13.1 Å². The summed E-state index contributed by atoms with van der Waals surface area (Å²) >= 11 is 5.62. The molecule has 0 saturated carbocycles. The summed E-state index contributed by atoms with van der Waals surface area (Å²) in [5.74, 6) is -0.240. The van der Waals surface area contributed by atoms with Crippen LogP contribution >= 0.6 is 11.6 Å². The molecule has 1 aromatic carbocycles. The van der Waals surface area contributed by atoms with Crippen LogP contribution in [0.15, 0.2) is 47.3 Å². The van der Waals surface area contributed by atoms with Gasteiger partial charge in [-0.05, 0) is 36.8 Å². The second-order valence-electron chi connectivity index (χ2n) is 5.66. The Hall–Kier alpha value is -3.01. The second-order valence-corrected chi connectivity index (χ2v) is 6.07. The van der Waals surface area contributed by atoms with Crippen molar-refractivity contribution in [2.75, 3.05) is 20.8 Å². The molecule has 0 aliphatic carbocycles. The van der Waals surface area contributed by atoms with E-state index in [9.17, 15) is 18.0 Å². The average Bonchev–Trinajstić information content (AvgIpc) is 3.13. The lowest BCUT2D eigenvalue weighted by atomic mass is 10.1. The van der Waals surface area contributed by atoms with Gasteiger partial charge in [0.2, 0.25) is 5.88 Å². The van der Waals surface area contributed by atoms with Crippen LogP contribution in [-0.4, -0.2) is 42.2 Å². The van der Waals surface area contributed by atoms with E-state index >= 15 is 0 Å². The van der Waals surface area contributed by atoms with Gasteiger partial charge in [0, 0.05) is 19.3 Å². The first kappa shape index (κ1) is 22.3. The highest BCUT2D eigenvalue weighted by Crippen LogP contribution is 2.35. The minimum Gasteiger partial charge on any atom is -0.472 e. The Balaban J connectivity index is 2.12. The summed E-state index contributed by atoms with van der Waals surface area (Å²) < 4.78 is 45.7. The maximum absolute atomic E-state index is 13.0. The number of aromatic nitrogens is 2. The van der Waals surface area contributed by atoms with E-state index in [-0.39, 0.29) is 23.9 Å². The summed E-state index contributed by atoms with van der Waals surface area (Å²) in [4.78, 5) is 16.4. The third-order valence-corrected chi connectivity index (χ3v) is 4.03. The van der Waals surface area contributed by atoms with E-state index < -0.39 is 22.7 Å². The molecule has 0 radical (unpaired) electrons. The van der Waals surface area contributed by atoms with Gasteiger partial charge in [0.25, 0.3) is 5.91 Å². The molecule has 2 aromatic rings. The van der Waals surface area contributed by atoms with Gasteiger partial charge in [-0.3, -0.25) is 4.79 Å². The molecular formula is C18H18ClF3N4O3. The molecule has 0 fully saturated rings. The SMILES string of the molecule is CNC(=O)C(=N/OC)/C(C)=C\COc1ccn(-c2ccc(Cl)c(C(F)(F)F)c2)n1. The summed E-state index contributed by atoms with van der Waals surface area (Å²) in [6.45, 7) is 1.71. The number of benzene rings is 1. The summed E-state index contributed by atoms with van der Waals surface area (Å²) in [6, 6.07) is 4.96. The predicted octanol–water partition coefficient (Wildman–Crippen LogP) is 3.62. The lowest BCUT2D eigenvalue weighted by molar-refractivity contribution is -0.137. The summed E-state index contributed by atoms with van der Waals surface area (Å²) in [5, 5.41) is 9.79. The highest BCUT2D eigenvalue weighted by Gasteiger charge is 2.33. The van der Waals surface area contributed by atoms with Gasteiger partial charge in [-0.25, -0.2) is 4.68 Å². The first-order valence-corrected chi connectivity index (χ1v) is 8.61. The van der Waals surface area contributed by atoms with Gasteiger partial charge in [0.15, 0.2) is 5.71 Å². The number of rotatable bonds is 7. The smallest absolute Gasteiger partial charge is 0.417 e. The van der Waals surface area contributed by atoms with Crippen LogP contribution < -0.4 is 10.1 Å². The van der Waals surface area contributed by atoms with Crippen LogP contribution in [0, 0.1) is 0 Å².